The summed E-state index contributed by atoms with van der Waals surface area (Å²) in [4.78, 5) is 0. The molecule has 104 valence electrons. The van der Waals surface area contributed by atoms with Gasteiger partial charge in [-0.25, -0.2) is 0 Å². The molecule has 0 spiro atoms. The fourth-order valence-electron chi connectivity index (χ4n) is 2.47. The van der Waals surface area contributed by atoms with Crippen molar-refractivity contribution in [1.82, 2.24) is 0 Å². The molecule has 1 aliphatic carbocycles. The smallest absolute Gasteiger partial charge is 0.125 e. The first-order valence-electron chi connectivity index (χ1n) is 6.80. The monoisotopic (exact) mass is 288 g/mol. The van der Waals surface area contributed by atoms with Crippen molar-refractivity contribution in [3.05, 3.63) is 64.2 Å². The highest BCUT2D eigenvalue weighted by molar-refractivity contribution is 6.30. The summed E-state index contributed by atoms with van der Waals surface area (Å²) in [5, 5.41) is 11.1. The highest BCUT2D eigenvalue weighted by Gasteiger charge is 2.23. The molecule has 2 aromatic carbocycles. The predicted octanol–water partition coefficient (Wildman–Crippen LogP) is 4.31. The molecule has 0 aromatic heterocycles. The largest absolute Gasteiger partial charge is 0.496 e. The number of hydrogen-bond acceptors (Lipinski definition) is 2. The fraction of sp³-hybridized carbons (Fsp3) is 0.294. The van der Waals surface area contributed by atoms with Crippen LogP contribution in [0.4, 0.5) is 0 Å². The Hall–Kier alpha value is -1.51. The standard InChI is InChI=1S/C17H17ClO2/c1-20-16-9-8-14(18)10-15(16)17(19)13-6-4-12(5-7-13)11-2-3-11/h4-11,17,19H,2-3H2,1H3. The van der Waals surface area contributed by atoms with Crippen LogP contribution in [0.25, 0.3) is 0 Å². The second kappa shape index (κ2) is 5.47. The lowest BCUT2D eigenvalue weighted by Crippen LogP contribution is -2.02. The highest BCUT2D eigenvalue weighted by atomic mass is 35.5. The van der Waals surface area contributed by atoms with Crippen LogP contribution in [-0.2, 0) is 0 Å². The fourth-order valence-corrected chi connectivity index (χ4v) is 2.65. The molecule has 2 aromatic rings. The van der Waals surface area contributed by atoms with Crippen LogP contribution in [0, 0.1) is 0 Å². The van der Waals surface area contributed by atoms with Crippen LogP contribution in [0.1, 0.15) is 41.6 Å². The Morgan fingerprint density at radius 2 is 1.85 bits per heavy atom. The van der Waals surface area contributed by atoms with Crippen molar-refractivity contribution < 1.29 is 9.84 Å². The number of halogens is 1. The van der Waals surface area contributed by atoms with Crippen molar-refractivity contribution in [3.8, 4) is 5.75 Å². The second-order valence-corrected chi connectivity index (χ2v) is 5.67. The van der Waals surface area contributed by atoms with Gasteiger partial charge in [-0.3, -0.25) is 0 Å². The van der Waals surface area contributed by atoms with Crippen molar-refractivity contribution in [2.75, 3.05) is 7.11 Å². The third kappa shape index (κ3) is 2.67. The van der Waals surface area contributed by atoms with Crippen LogP contribution in [0.5, 0.6) is 5.75 Å². The molecule has 1 atom stereocenters. The van der Waals surface area contributed by atoms with E-state index in [9.17, 15) is 5.11 Å². The molecule has 0 aliphatic heterocycles. The first kappa shape index (κ1) is 13.5. The van der Waals surface area contributed by atoms with E-state index >= 15 is 0 Å². The molecule has 1 fully saturated rings. The SMILES string of the molecule is COc1ccc(Cl)cc1C(O)c1ccc(C2CC2)cc1. The van der Waals surface area contributed by atoms with Crippen molar-refractivity contribution in [2.24, 2.45) is 0 Å². The van der Waals surface area contributed by atoms with Crippen LogP contribution >= 0.6 is 11.6 Å². The van der Waals surface area contributed by atoms with Gasteiger partial charge < -0.3 is 9.84 Å². The van der Waals surface area contributed by atoms with Crippen LogP contribution in [-0.4, -0.2) is 12.2 Å². The van der Waals surface area contributed by atoms with E-state index in [0.29, 0.717) is 16.3 Å². The van der Waals surface area contributed by atoms with Crippen molar-refractivity contribution in [3.63, 3.8) is 0 Å². The lowest BCUT2D eigenvalue weighted by atomic mass is 9.98. The van der Waals surface area contributed by atoms with E-state index in [4.69, 9.17) is 16.3 Å². The van der Waals surface area contributed by atoms with Crippen molar-refractivity contribution >= 4 is 11.6 Å². The summed E-state index contributed by atoms with van der Waals surface area (Å²) in [6.07, 6.45) is 1.84. The third-order valence-corrected chi connectivity index (χ3v) is 4.02. The van der Waals surface area contributed by atoms with Gasteiger partial charge in [-0.2, -0.15) is 0 Å². The third-order valence-electron chi connectivity index (χ3n) is 3.79. The average Bonchev–Trinajstić information content (AvgIpc) is 3.31. The molecular weight excluding hydrogens is 272 g/mol. The molecule has 1 unspecified atom stereocenters. The van der Waals surface area contributed by atoms with E-state index in [2.05, 4.69) is 12.1 Å². The summed E-state index contributed by atoms with van der Waals surface area (Å²) in [5.41, 5.74) is 2.91. The van der Waals surface area contributed by atoms with E-state index < -0.39 is 6.10 Å². The molecule has 0 saturated heterocycles. The Morgan fingerprint density at radius 3 is 2.45 bits per heavy atom. The van der Waals surface area contributed by atoms with Crippen LogP contribution in [0.2, 0.25) is 5.02 Å². The van der Waals surface area contributed by atoms with Crippen LogP contribution < -0.4 is 4.74 Å². The topological polar surface area (TPSA) is 29.5 Å². The van der Waals surface area contributed by atoms with Gasteiger partial charge in [0.25, 0.3) is 0 Å². The second-order valence-electron chi connectivity index (χ2n) is 5.23. The lowest BCUT2D eigenvalue weighted by Gasteiger charge is -2.16. The van der Waals surface area contributed by atoms with Gasteiger partial charge in [0, 0.05) is 10.6 Å². The summed E-state index contributed by atoms with van der Waals surface area (Å²) in [7, 11) is 1.59. The summed E-state index contributed by atoms with van der Waals surface area (Å²) < 4.78 is 5.30. The van der Waals surface area contributed by atoms with Gasteiger partial charge in [0.2, 0.25) is 0 Å². The molecule has 0 radical (unpaired) electrons. The molecular formula is C17H17ClO2. The maximum absolute atomic E-state index is 10.5. The molecule has 20 heavy (non-hydrogen) atoms. The molecule has 3 rings (SSSR count). The number of aliphatic hydroxyl groups is 1. The van der Waals surface area contributed by atoms with E-state index in [1.807, 2.05) is 12.1 Å². The summed E-state index contributed by atoms with van der Waals surface area (Å²) in [5.74, 6) is 1.37. The zero-order valence-corrected chi connectivity index (χ0v) is 12.1. The minimum atomic E-state index is -0.725. The Kier molecular flexibility index (Phi) is 3.68. The number of benzene rings is 2. The molecule has 1 N–H and O–H groups in total. The van der Waals surface area contributed by atoms with E-state index in [1.165, 1.54) is 18.4 Å². The maximum atomic E-state index is 10.5. The Labute approximate surface area is 124 Å². The van der Waals surface area contributed by atoms with Gasteiger partial charge in [0.1, 0.15) is 11.9 Å². The molecule has 0 bridgehead atoms. The maximum Gasteiger partial charge on any atom is 0.125 e. The first-order chi connectivity index (χ1) is 9.69. The summed E-state index contributed by atoms with van der Waals surface area (Å²) in [6.45, 7) is 0. The van der Waals surface area contributed by atoms with Gasteiger partial charge in [0.15, 0.2) is 0 Å². The number of methoxy groups -OCH3 is 1. The zero-order valence-electron chi connectivity index (χ0n) is 11.3. The molecule has 1 saturated carbocycles. The number of hydrogen-bond donors (Lipinski definition) is 1. The van der Waals surface area contributed by atoms with Crippen LogP contribution in [0.15, 0.2) is 42.5 Å². The van der Waals surface area contributed by atoms with Crippen molar-refractivity contribution in [1.29, 1.82) is 0 Å². The lowest BCUT2D eigenvalue weighted by molar-refractivity contribution is 0.214. The van der Waals surface area contributed by atoms with Gasteiger partial charge in [-0.05, 0) is 48.1 Å². The predicted molar refractivity (Wildman–Crippen MR) is 80.5 cm³/mol. The Balaban J connectivity index is 1.90. The molecule has 3 heteroatoms. The molecule has 0 amide bonds. The number of rotatable bonds is 4. The Morgan fingerprint density at radius 1 is 1.15 bits per heavy atom. The van der Waals surface area contributed by atoms with Crippen molar-refractivity contribution in [2.45, 2.75) is 24.9 Å². The van der Waals surface area contributed by atoms with Gasteiger partial charge >= 0.3 is 0 Å². The first-order valence-corrected chi connectivity index (χ1v) is 7.18. The van der Waals surface area contributed by atoms with Gasteiger partial charge in [-0.1, -0.05) is 35.9 Å². The molecule has 1 aliphatic rings. The minimum absolute atomic E-state index is 0.592. The molecule has 2 nitrogen and oxygen atoms in total. The number of aliphatic hydroxyl groups excluding tert-OH is 1. The summed E-state index contributed by atoms with van der Waals surface area (Å²) in [6, 6.07) is 13.5. The average molecular weight is 289 g/mol. The number of ether oxygens (including phenoxy) is 1. The quantitative estimate of drug-likeness (QED) is 0.908. The van der Waals surface area contributed by atoms with E-state index in [1.54, 1.807) is 25.3 Å². The Bertz CT molecular complexity index is 603. The van der Waals surface area contributed by atoms with E-state index in [0.717, 1.165) is 11.5 Å². The summed E-state index contributed by atoms with van der Waals surface area (Å²) >= 11 is 6.01. The minimum Gasteiger partial charge on any atom is -0.496 e. The van der Waals surface area contributed by atoms with E-state index in [-0.39, 0.29) is 0 Å². The van der Waals surface area contributed by atoms with Gasteiger partial charge in [-0.15, -0.1) is 0 Å². The normalized spacial score (nSPS) is 15.9. The molecule has 0 heterocycles. The zero-order chi connectivity index (χ0) is 14.1. The van der Waals surface area contributed by atoms with Gasteiger partial charge in [0.05, 0.1) is 7.11 Å². The van der Waals surface area contributed by atoms with Crippen LogP contribution in [0.3, 0.4) is 0 Å². The highest BCUT2D eigenvalue weighted by Crippen LogP contribution is 2.40.